The van der Waals surface area contributed by atoms with Crippen molar-refractivity contribution in [3.05, 3.63) is 50.6 Å². The van der Waals surface area contributed by atoms with Crippen molar-refractivity contribution < 1.29 is 19.1 Å². The first kappa shape index (κ1) is 27.5. The first-order chi connectivity index (χ1) is 17.8. The predicted molar refractivity (Wildman–Crippen MR) is 147 cm³/mol. The maximum atomic E-state index is 12.9. The number of hydrogen-bond donors (Lipinski definition) is 1. The van der Waals surface area contributed by atoms with Crippen LogP contribution in [-0.4, -0.2) is 39.5 Å². The molecule has 2 aromatic heterocycles. The number of nitrogens with one attached hydrogen (secondary N) is 1. The lowest BCUT2D eigenvalue weighted by Gasteiger charge is -2.15. The maximum Gasteiger partial charge on any atom is 0.341 e. The van der Waals surface area contributed by atoms with E-state index in [1.807, 2.05) is 37.6 Å². The molecule has 0 spiro atoms. The lowest BCUT2D eigenvalue weighted by molar-refractivity contribution is -0.113. The van der Waals surface area contributed by atoms with Crippen LogP contribution in [0.3, 0.4) is 0 Å². The van der Waals surface area contributed by atoms with E-state index < -0.39 is 12.1 Å². The molecule has 0 saturated heterocycles. The van der Waals surface area contributed by atoms with Gasteiger partial charge in [-0.25, -0.2) is 4.79 Å². The van der Waals surface area contributed by atoms with Gasteiger partial charge in [0.2, 0.25) is 5.91 Å². The molecule has 11 heteroatoms. The molecule has 8 nitrogen and oxygen atoms in total. The van der Waals surface area contributed by atoms with Crippen LogP contribution in [0.4, 0.5) is 5.00 Å². The summed E-state index contributed by atoms with van der Waals surface area (Å²) in [5.74, 6) is 0.698. The normalized spacial score (nSPS) is 14.3. The number of ether oxygens (including phenoxy) is 2. The lowest BCUT2D eigenvalue weighted by atomic mass is 9.96. The Bertz CT molecular complexity index is 1290. The molecule has 1 aliphatic rings. The topological polar surface area (TPSA) is 95.3 Å². The number of carbonyl (C=O) groups is 2. The Morgan fingerprint density at radius 1 is 1.22 bits per heavy atom. The quantitative estimate of drug-likeness (QED) is 0.260. The van der Waals surface area contributed by atoms with E-state index in [-0.39, 0.29) is 11.7 Å². The van der Waals surface area contributed by atoms with Gasteiger partial charge in [0.1, 0.15) is 10.8 Å². The summed E-state index contributed by atoms with van der Waals surface area (Å²) in [6.07, 6.45) is 5.81. The average Bonchev–Trinajstić information content (AvgIpc) is 3.38. The van der Waals surface area contributed by atoms with Gasteiger partial charge in [0.25, 0.3) is 0 Å². The highest BCUT2D eigenvalue weighted by Gasteiger charge is 2.26. The fourth-order valence-electron chi connectivity index (χ4n) is 4.37. The molecule has 3 aromatic rings. The van der Waals surface area contributed by atoms with Gasteiger partial charge in [0.15, 0.2) is 17.1 Å². The van der Waals surface area contributed by atoms with Crippen LogP contribution in [0.1, 0.15) is 70.9 Å². The van der Waals surface area contributed by atoms with Gasteiger partial charge in [-0.1, -0.05) is 42.3 Å². The van der Waals surface area contributed by atoms with Crippen LogP contribution in [-0.2, 0) is 29.4 Å². The molecule has 37 heavy (non-hydrogen) atoms. The van der Waals surface area contributed by atoms with Crippen molar-refractivity contribution in [3.63, 3.8) is 0 Å². The number of rotatable bonds is 8. The van der Waals surface area contributed by atoms with Crippen LogP contribution in [0.25, 0.3) is 0 Å². The van der Waals surface area contributed by atoms with Crippen LogP contribution in [0.5, 0.6) is 5.75 Å². The Labute approximate surface area is 230 Å². The smallest absolute Gasteiger partial charge is 0.341 e. The molecular formula is C26H31ClN4O4S2. The summed E-state index contributed by atoms with van der Waals surface area (Å²) in [6, 6.07) is 5.60. The molecule has 1 aromatic carbocycles. The predicted octanol–water partition coefficient (Wildman–Crippen LogP) is 6.15. The summed E-state index contributed by atoms with van der Waals surface area (Å²) in [4.78, 5) is 26.7. The van der Waals surface area contributed by atoms with Crippen molar-refractivity contribution in [2.24, 2.45) is 7.05 Å². The summed E-state index contributed by atoms with van der Waals surface area (Å²) in [5.41, 5.74) is 2.57. The van der Waals surface area contributed by atoms with Crippen LogP contribution in [0, 0.1) is 6.92 Å². The van der Waals surface area contributed by atoms with Gasteiger partial charge in [-0.3, -0.25) is 4.79 Å². The summed E-state index contributed by atoms with van der Waals surface area (Å²) < 4.78 is 12.9. The van der Waals surface area contributed by atoms with Gasteiger partial charge in [-0.05, 0) is 62.8 Å². The third kappa shape index (κ3) is 6.48. The number of thioether (sulfide) groups is 1. The number of methoxy groups -OCH3 is 1. The second-order valence-electron chi connectivity index (χ2n) is 9.04. The Morgan fingerprint density at radius 2 is 1.97 bits per heavy atom. The zero-order valence-electron chi connectivity index (χ0n) is 21.4. The Kier molecular flexibility index (Phi) is 9.15. The Hall–Kier alpha value is -2.56. The van der Waals surface area contributed by atoms with E-state index in [2.05, 4.69) is 15.5 Å². The number of fused-ring (bicyclic) bond motifs is 1. The molecule has 1 amide bonds. The lowest BCUT2D eigenvalue weighted by Crippen LogP contribution is -2.17. The van der Waals surface area contributed by atoms with Crippen molar-refractivity contribution in [1.29, 1.82) is 0 Å². The number of esters is 1. The number of halogens is 1. The van der Waals surface area contributed by atoms with Crippen molar-refractivity contribution in [2.75, 3.05) is 18.2 Å². The van der Waals surface area contributed by atoms with E-state index in [1.54, 1.807) is 6.07 Å². The van der Waals surface area contributed by atoms with Crippen molar-refractivity contribution >= 4 is 51.6 Å². The van der Waals surface area contributed by atoms with Gasteiger partial charge >= 0.3 is 5.97 Å². The highest BCUT2D eigenvalue weighted by molar-refractivity contribution is 7.99. The number of thiophene rings is 1. The van der Waals surface area contributed by atoms with Gasteiger partial charge in [0, 0.05) is 11.9 Å². The number of aryl methyl sites for hydroxylation is 2. The highest BCUT2D eigenvalue weighted by Crippen LogP contribution is 2.38. The Balaban J connectivity index is 1.42. The van der Waals surface area contributed by atoms with Gasteiger partial charge in [-0.15, -0.1) is 21.5 Å². The number of aromatic nitrogens is 3. The first-order valence-electron chi connectivity index (χ1n) is 12.3. The van der Waals surface area contributed by atoms with E-state index in [4.69, 9.17) is 21.1 Å². The summed E-state index contributed by atoms with van der Waals surface area (Å²) in [5, 5.41) is 13.1. The molecule has 0 fully saturated rings. The van der Waals surface area contributed by atoms with Crippen molar-refractivity contribution in [2.45, 2.75) is 63.6 Å². The molecule has 1 atom stereocenters. The molecule has 198 valence electrons. The molecule has 0 radical (unpaired) electrons. The van der Waals surface area contributed by atoms with Crippen molar-refractivity contribution in [3.8, 4) is 5.75 Å². The van der Waals surface area contributed by atoms with Crippen LogP contribution >= 0.6 is 34.7 Å². The third-order valence-electron chi connectivity index (χ3n) is 6.27. The summed E-state index contributed by atoms with van der Waals surface area (Å²) in [7, 11) is 3.21. The van der Waals surface area contributed by atoms with E-state index in [0.29, 0.717) is 32.3 Å². The van der Waals surface area contributed by atoms with Gasteiger partial charge in [0.05, 0.1) is 23.4 Å². The fourth-order valence-corrected chi connectivity index (χ4v) is 6.54. The minimum atomic E-state index is -0.401. The molecular weight excluding hydrogens is 532 g/mol. The maximum absolute atomic E-state index is 12.9. The van der Waals surface area contributed by atoms with Crippen LogP contribution in [0.2, 0.25) is 5.02 Å². The molecule has 0 saturated carbocycles. The second-order valence-corrected chi connectivity index (χ2v) is 11.5. The molecule has 0 bridgehead atoms. The number of anilines is 1. The van der Waals surface area contributed by atoms with Crippen LogP contribution in [0.15, 0.2) is 23.4 Å². The molecule has 2 heterocycles. The second kappa shape index (κ2) is 12.3. The summed E-state index contributed by atoms with van der Waals surface area (Å²) in [6.45, 7) is 3.85. The first-order valence-corrected chi connectivity index (χ1v) is 14.4. The SMILES string of the molecule is COC(=O)c1c(NC(=O)CSc2nnc(C(C)Oc3cc(C)ccc3Cl)n2C)sc2c1CCCCCC2. The van der Waals surface area contributed by atoms with Gasteiger partial charge < -0.3 is 19.4 Å². The average molecular weight is 563 g/mol. The number of benzene rings is 1. The molecule has 4 rings (SSSR count). The van der Waals surface area contributed by atoms with Crippen LogP contribution < -0.4 is 10.1 Å². The summed E-state index contributed by atoms with van der Waals surface area (Å²) >= 11 is 9.03. The minimum absolute atomic E-state index is 0.119. The number of amides is 1. The number of hydrogen-bond acceptors (Lipinski definition) is 8. The number of carbonyl (C=O) groups excluding carboxylic acids is 2. The fraction of sp³-hybridized carbons (Fsp3) is 0.462. The molecule has 1 aliphatic carbocycles. The monoisotopic (exact) mass is 562 g/mol. The Morgan fingerprint density at radius 3 is 2.73 bits per heavy atom. The minimum Gasteiger partial charge on any atom is -0.481 e. The van der Waals surface area contributed by atoms with Gasteiger partial charge in [-0.2, -0.15) is 0 Å². The zero-order valence-corrected chi connectivity index (χ0v) is 23.8. The molecule has 1 N–H and O–H groups in total. The van der Waals surface area contributed by atoms with E-state index in [0.717, 1.165) is 43.2 Å². The number of nitrogens with zero attached hydrogens (tertiary/aromatic N) is 3. The van der Waals surface area contributed by atoms with E-state index >= 15 is 0 Å². The van der Waals surface area contributed by atoms with E-state index in [9.17, 15) is 9.59 Å². The largest absolute Gasteiger partial charge is 0.481 e. The third-order valence-corrected chi connectivity index (χ3v) is 8.81. The molecule has 1 unspecified atom stereocenters. The standard InChI is InChI=1S/C26H31ClN4O4S2/c1-15-11-12-18(27)19(13-15)35-16(2)23-29-30-26(31(23)3)36-14-21(32)28-24-22(25(33)34-4)17-9-7-5-6-8-10-20(17)37-24/h11-13,16H,5-10,14H2,1-4H3,(H,28,32). The van der Waals surface area contributed by atoms with E-state index in [1.165, 1.54) is 41.5 Å². The highest BCUT2D eigenvalue weighted by atomic mass is 35.5. The van der Waals surface area contributed by atoms with Crippen molar-refractivity contribution in [1.82, 2.24) is 14.8 Å². The zero-order chi connectivity index (χ0) is 26.5. The molecule has 0 aliphatic heterocycles.